The Morgan fingerprint density at radius 2 is 1.81 bits per heavy atom. The van der Waals surface area contributed by atoms with Crippen LogP contribution in [0.25, 0.3) is 11.2 Å². The number of hydrogen-bond donors (Lipinski definition) is 1. The Labute approximate surface area is 239 Å². The highest BCUT2D eigenvalue weighted by Gasteiger charge is 2.51. The first-order chi connectivity index (χ1) is 19.8. The van der Waals surface area contributed by atoms with E-state index in [1.165, 1.54) is 12.1 Å². The zero-order valence-electron chi connectivity index (χ0n) is 23.8. The molecule has 0 radical (unpaired) electrons. The monoisotopic (exact) mass is 594 g/mol. The average molecular weight is 595 g/mol. The Morgan fingerprint density at radius 3 is 2.43 bits per heavy atom. The molecule has 8 nitrogen and oxygen atoms in total. The van der Waals surface area contributed by atoms with E-state index in [1.54, 1.807) is 0 Å². The lowest BCUT2D eigenvalue weighted by molar-refractivity contribution is -0.138. The molecular formula is C29H35F5N6O2. The van der Waals surface area contributed by atoms with Crippen molar-refractivity contribution in [2.45, 2.75) is 89.3 Å². The molecule has 2 aliphatic heterocycles. The number of imidazole rings is 1. The molecule has 0 bridgehead atoms. The number of alkyl halides is 5. The Balaban J connectivity index is 1.30. The Hall–Kier alpha value is -3.06. The molecule has 4 heterocycles. The van der Waals surface area contributed by atoms with Gasteiger partial charge < -0.3 is 14.2 Å². The molecule has 3 fully saturated rings. The summed E-state index contributed by atoms with van der Waals surface area (Å²) in [5.74, 6) is -1.97. The van der Waals surface area contributed by atoms with Gasteiger partial charge in [-0.15, -0.1) is 0 Å². The van der Waals surface area contributed by atoms with Crippen molar-refractivity contribution in [3.63, 3.8) is 0 Å². The van der Waals surface area contributed by atoms with Crippen molar-refractivity contribution in [3.8, 4) is 0 Å². The number of rotatable bonds is 6. The number of hydrogen-bond acceptors (Lipinski definition) is 6. The zero-order valence-corrected chi connectivity index (χ0v) is 23.8. The maximum absolute atomic E-state index is 14.0. The molecular weight excluding hydrogens is 559 g/mol. The molecule has 1 unspecified atom stereocenters. The van der Waals surface area contributed by atoms with Gasteiger partial charge in [-0.05, 0) is 57.2 Å². The SMILES string of the molecule is Cc1nc2c(N3C[C@@H](C)N(C(c4ccc(C(F)(F)F)cc4)C4CC(F)(F)C4)C[C@@H]3C)nc(=O)[nH]c2n1C[C@@H]1CCCO1. The summed E-state index contributed by atoms with van der Waals surface area (Å²) in [6, 6.07) is 4.06. The number of nitrogens with one attached hydrogen (secondary N) is 1. The molecule has 0 amide bonds. The number of nitrogens with zero attached hydrogens (tertiary/aromatic N) is 5. The summed E-state index contributed by atoms with van der Waals surface area (Å²) in [7, 11) is 0. The first-order valence-corrected chi connectivity index (χ1v) is 14.5. The van der Waals surface area contributed by atoms with Crippen LogP contribution in [0.3, 0.4) is 0 Å². The predicted octanol–water partition coefficient (Wildman–Crippen LogP) is 5.31. The number of H-pyrrole nitrogens is 1. The summed E-state index contributed by atoms with van der Waals surface area (Å²) >= 11 is 0. The lowest BCUT2D eigenvalue weighted by Gasteiger charge is -2.52. The van der Waals surface area contributed by atoms with Crippen molar-refractivity contribution in [2.24, 2.45) is 5.92 Å². The molecule has 13 heteroatoms. The molecule has 3 aromatic rings. The lowest BCUT2D eigenvalue weighted by atomic mass is 9.73. The van der Waals surface area contributed by atoms with Gasteiger partial charge in [0, 0.05) is 50.7 Å². The number of halogens is 5. The van der Waals surface area contributed by atoms with E-state index in [-0.39, 0.29) is 31.0 Å². The van der Waals surface area contributed by atoms with Gasteiger partial charge in [-0.1, -0.05) is 12.1 Å². The Kier molecular flexibility index (Phi) is 7.32. The van der Waals surface area contributed by atoms with Crippen LogP contribution in [0.1, 0.15) is 62.5 Å². The lowest BCUT2D eigenvalue weighted by Crippen LogP contribution is -2.59. The van der Waals surface area contributed by atoms with Crippen LogP contribution in [0.5, 0.6) is 0 Å². The molecule has 3 aliphatic rings. The van der Waals surface area contributed by atoms with Gasteiger partial charge >= 0.3 is 11.9 Å². The molecule has 2 aromatic heterocycles. The number of anilines is 1. The van der Waals surface area contributed by atoms with E-state index in [0.717, 1.165) is 30.8 Å². The van der Waals surface area contributed by atoms with Gasteiger partial charge in [-0.2, -0.15) is 18.2 Å². The highest BCUT2D eigenvalue weighted by atomic mass is 19.4. The van der Waals surface area contributed by atoms with Crippen LogP contribution in [-0.2, 0) is 17.5 Å². The molecule has 0 spiro atoms. The van der Waals surface area contributed by atoms with Crippen LogP contribution in [0.4, 0.5) is 27.8 Å². The van der Waals surface area contributed by atoms with Crippen molar-refractivity contribution in [3.05, 3.63) is 51.7 Å². The zero-order chi connectivity index (χ0) is 30.0. The summed E-state index contributed by atoms with van der Waals surface area (Å²) in [6.07, 6.45) is -3.12. The average Bonchev–Trinajstić information content (AvgIpc) is 3.52. The van der Waals surface area contributed by atoms with Gasteiger partial charge in [0.25, 0.3) is 0 Å². The van der Waals surface area contributed by atoms with E-state index in [2.05, 4.69) is 14.9 Å². The second-order valence-electron chi connectivity index (χ2n) is 12.1. The van der Waals surface area contributed by atoms with Crippen LogP contribution in [0.2, 0.25) is 0 Å². The van der Waals surface area contributed by atoms with Gasteiger partial charge in [0.05, 0.1) is 18.2 Å². The third-order valence-electron chi connectivity index (χ3n) is 9.02. The van der Waals surface area contributed by atoms with Crippen molar-refractivity contribution in [2.75, 3.05) is 24.6 Å². The normalized spacial score (nSPS) is 26.1. The van der Waals surface area contributed by atoms with E-state index in [4.69, 9.17) is 9.72 Å². The summed E-state index contributed by atoms with van der Waals surface area (Å²) in [5.41, 5.74) is 0.493. The molecule has 6 rings (SSSR count). The minimum atomic E-state index is -4.48. The maximum atomic E-state index is 14.0. The summed E-state index contributed by atoms with van der Waals surface area (Å²) in [4.78, 5) is 28.9. The van der Waals surface area contributed by atoms with Gasteiger partial charge in [-0.3, -0.25) is 9.88 Å². The van der Waals surface area contributed by atoms with Gasteiger partial charge in [0.1, 0.15) is 17.0 Å². The molecule has 1 N–H and O–H groups in total. The number of ether oxygens (including phenoxy) is 1. The molecule has 1 aliphatic carbocycles. The maximum Gasteiger partial charge on any atom is 0.416 e. The van der Waals surface area contributed by atoms with E-state index in [1.807, 2.05) is 30.2 Å². The van der Waals surface area contributed by atoms with Crippen molar-refractivity contribution >= 4 is 17.0 Å². The smallest absolute Gasteiger partial charge is 0.376 e. The summed E-state index contributed by atoms with van der Waals surface area (Å²) < 4.78 is 75.5. The van der Waals surface area contributed by atoms with E-state index < -0.39 is 35.3 Å². The second kappa shape index (κ2) is 10.6. The topological polar surface area (TPSA) is 79.3 Å². The highest BCUT2D eigenvalue weighted by molar-refractivity contribution is 5.84. The van der Waals surface area contributed by atoms with Gasteiger partial charge in [0.2, 0.25) is 5.92 Å². The third-order valence-corrected chi connectivity index (χ3v) is 9.02. The van der Waals surface area contributed by atoms with Crippen molar-refractivity contribution in [1.29, 1.82) is 0 Å². The van der Waals surface area contributed by atoms with E-state index in [9.17, 15) is 26.7 Å². The van der Waals surface area contributed by atoms with Crippen LogP contribution < -0.4 is 10.6 Å². The van der Waals surface area contributed by atoms with E-state index in [0.29, 0.717) is 48.8 Å². The first-order valence-electron chi connectivity index (χ1n) is 14.5. The molecule has 1 aromatic carbocycles. The number of aryl methyl sites for hydroxylation is 1. The predicted molar refractivity (Wildman–Crippen MR) is 147 cm³/mol. The minimum Gasteiger partial charge on any atom is -0.376 e. The standard InChI is InChI=1S/C29H35F5N6O2/c1-16-14-39(25-23-26(37-27(41)36-25)40(18(3)35-23)15-22-5-4-10-42-22)17(2)13-38(16)24(20-11-28(30,31)12-20)19-6-8-21(9-7-19)29(32,33)34/h6-9,16-17,20,22,24H,4-5,10-15H2,1-3H3,(H,36,37,41)/t16-,17+,22+,24?/m1/s1. The van der Waals surface area contributed by atoms with Crippen molar-refractivity contribution in [1.82, 2.24) is 24.4 Å². The fraction of sp³-hybridized carbons (Fsp3) is 0.621. The number of aromatic nitrogens is 4. The molecule has 1 saturated carbocycles. The van der Waals surface area contributed by atoms with Gasteiger partial charge in [-0.25, -0.2) is 18.6 Å². The fourth-order valence-electron chi connectivity index (χ4n) is 6.91. The van der Waals surface area contributed by atoms with Crippen molar-refractivity contribution < 1.29 is 26.7 Å². The van der Waals surface area contributed by atoms with Gasteiger partial charge in [0.15, 0.2) is 5.82 Å². The quantitative estimate of drug-likeness (QED) is 0.390. The van der Waals surface area contributed by atoms with Crippen LogP contribution in [0.15, 0.2) is 29.1 Å². The largest absolute Gasteiger partial charge is 0.416 e. The Bertz CT molecular complexity index is 1490. The van der Waals surface area contributed by atoms with E-state index >= 15 is 0 Å². The van der Waals surface area contributed by atoms with Crippen LogP contribution in [-0.4, -0.2) is 68.2 Å². The van der Waals surface area contributed by atoms with Crippen LogP contribution >= 0.6 is 0 Å². The first kappa shape index (κ1) is 29.0. The second-order valence-corrected chi connectivity index (χ2v) is 12.1. The fourth-order valence-corrected chi connectivity index (χ4v) is 6.91. The molecule has 4 atom stereocenters. The van der Waals surface area contributed by atoms with Crippen LogP contribution in [0, 0.1) is 12.8 Å². The highest BCUT2D eigenvalue weighted by Crippen LogP contribution is 2.51. The molecule has 228 valence electrons. The molecule has 2 saturated heterocycles. The molecule has 42 heavy (non-hydrogen) atoms. The number of aromatic amines is 1. The number of piperazine rings is 1. The summed E-state index contributed by atoms with van der Waals surface area (Å²) in [6.45, 7) is 7.99. The number of fused-ring (bicyclic) bond motifs is 1. The Morgan fingerprint density at radius 1 is 1.10 bits per heavy atom. The minimum absolute atomic E-state index is 0.0460. The third kappa shape index (κ3) is 5.41. The number of benzene rings is 1. The summed E-state index contributed by atoms with van der Waals surface area (Å²) in [5, 5.41) is 0.